The molecule has 0 amide bonds. The molecule has 0 spiro atoms. The second-order valence-electron chi connectivity index (χ2n) is 1.80. The van der Waals surface area contributed by atoms with Crippen LogP contribution in [0.4, 0.5) is 22.0 Å². The number of aliphatic hydroxyl groups is 1. The molecule has 0 aliphatic rings. The van der Waals surface area contributed by atoms with Crippen LogP contribution in [0.3, 0.4) is 0 Å². The lowest BCUT2D eigenvalue weighted by molar-refractivity contribution is -0.0258. The second-order valence-corrected chi connectivity index (χ2v) is 1.80. The van der Waals surface area contributed by atoms with Crippen molar-refractivity contribution in [3.63, 3.8) is 0 Å². The molecule has 0 saturated carbocycles. The molecule has 0 aromatic carbocycles. The summed E-state index contributed by atoms with van der Waals surface area (Å²) in [6, 6.07) is -4.42. The van der Waals surface area contributed by atoms with Gasteiger partial charge in [0.05, 0.1) is 6.61 Å². The Kier molecular flexibility index (Phi) is 4.11. The predicted octanol–water partition coefficient (Wildman–Crippen LogP) is 1.24. The molecule has 2 N–H and O–H groups in total. The van der Waals surface area contributed by atoms with Crippen LogP contribution in [0.25, 0.3) is 0 Å². The van der Waals surface area contributed by atoms with Crippen molar-refractivity contribution in [1.82, 2.24) is 5.32 Å². The van der Waals surface area contributed by atoms with Crippen molar-refractivity contribution in [1.29, 1.82) is 0 Å². The first-order valence-electron chi connectivity index (χ1n) is 2.86. The molecule has 7 heteroatoms. The molecule has 2 nitrogen and oxygen atoms in total. The van der Waals surface area contributed by atoms with Crippen molar-refractivity contribution in [2.45, 2.75) is 6.05 Å². The van der Waals surface area contributed by atoms with E-state index >= 15 is 0 Å². The van der Waals surface area contributed by atoms with Crippen LogP contribution in [0.15, 0.2) is 11.9 Å². The monoisotopic (exact) mass is 191 g/mol. The SMILES string of the molecule is OCCNC(F)(F)C(F)=C(F)F. The van der Waals surface area contributed by atoms with Crippen LogP contribution < -0.4 is 5.32 Å². The molecule has 0 aliphatic carbocycles. The maximum Gasteiger partial charge on any atom is 0.360 e. The Bertz CT molecular complexity index is 177. The summed E-state index contributed by atoms with van der Waals surface area (Å²) in [5, 5.41) is 9.12. The Morgan fingerprint density at radius 1 is 1.25 bits per heavy atom. The van der Waals surface area contributed by atoms with Crippen molar-refractivity contribution in [2.75, 3.05) is 13.2 Å². The average molecular weight is 191 g/mol. The maximum atomic E-state index is 12.1. The molecule has 72 valence electrons. The average Bonchev–Trinajstić information content (AvgIpc) is 1.99. The summed E-state index contributed by atoms with van der Waals surface area (Å²) in [5.41, 5.74) is 0. The second kappa shape index (κ2) is 4.36. The number of aliphatic hydroxyl groups excluding tert-OH is 1. The molecule has 0 aliphatic heterocycles. The quantitative estimate of drug-likeness (QED) is 0.517. The highest BCUT2D eigenvalue weighted by Crippen LogP contribution is 2.26. The highest BCUT2D eigenvalue weighted by atomic mass is 19.3. The van der Waals surface area contributed by atoms with E-state index in [-0.39, 0.29) is 0 Å². The standard InChI is InChI=1S/C5H6F5NO/c6-3(4(7)8)5(9,10)11-1-2-12/h11-12H,1-2H2. The van der Waals surface area contributed by atoms with Crippen LogP contribution in [0.1, 0.15) is 0 Å². The Morgan fingerprint density at radius 2 is 1.75 bits per heavy atom. The van der Waals surface area contributed by atoms with Gasteiger partial charge < -0.3 is 5.11 Å². The summed E-state index contributed by atoms with van der Waals surface area (Å²) in [6.45, 7) is -1.37. The zero-order valence-corrected chi connectivity index (χ0v) is 5.75. The van der Waals surface area contributed by atoms with Gasteiger partial charge in [-0.05, 0) is 0 Å². The topological polar surface area (TPSA) is 32.3 Å². The minimum absolute atomic E-state index is 0.673. The van der Waals surface area contributed by atoms with Crippen LogP contribution in [-0.2, 0) is 0 Å². The predicted molar refractivity (Wildman–Crippen MR) is 30.4 cm³/mol. The Morgan fingerprint density at radius 3 is 2.08 bits per heavy atom. The van der Waals surface area contributed by atoms with Crippen LogP contribution in [0.2, 0.25) is 0 Å². The third-order valence-corrected chi connectivity index (χ3v) is 0.900. The van der Waals surface area contributed by atoms with Crippen LogP contribution in [0.5, 0.6) is 0 Å². The van der Waals surface area contributed by atoms with E-state index in [9.17, 15) is 22.0 Å². The largest absolute Gasteiger partial charge is 0.395 e. The fraction of sp³-hybridized carbons (Fsp3) is 0.600. The van der Waals surface area contributed by atoms with Gasteiger partial charge in [-0.25, -0.2) is 5.32 Å². The molecule has 0 atom stereocenters. The minimum Gasteiger partial charge on any atom is -0.395 e. The smallest absolute Gasteiger partial charge is 0.360 e. The van der Waals surface area contributed by atoms with Crippen molar-refractivity contribution >= 4 is 0 Å². The van der Waals surface area contributed by atoms with E-state index in [0.29, 0.717) is 0 Å². The van der Waals surface area contributed by atoms with Gasteiger partial charge in [0.15, 0.2) is 0 Å². The van der Waals surface area contributed by atoms with Crippen LogP contribution >= 0.6 is 0 Å². The van der Waals surface area contributed by atoms with E-state index < -0.39 is 31.1 Å². The Hall–Kier alpha value is -0.690. The zero-order valence-electron chi connectivity index (χ0n) is 5.75. The van der Waals surface area contributed by atoms with Gasteiger partial charge in [0.25, 0.3) is 0 Å². The lowest BCUT2D eigenvalue weighted by Crippen LogP contribution is -2.39. The van der Waals surface area contributed by atoms with Crippen LogP contribution in [0, 0.1) is 0 Å². The fourth-order valence-corrected chi connectivity index (χ4v) is 0.409. The Balaban J connectivity index is 4.29. The molecule has 0 aromatic rings. The lowest BCUT2D eigenvalue weighted by Gasteiger charge is -2.13. The van der Waals surface area contributed by atoms with Crippen LogP contribution in [-0.4, -0.2) is 24.3 Å². The normalized spacial score (nSPS) is 11.5. The summed E-state index contributed by atoms with van der Waals surface area (Å²) in [6.07, 6.45) is -3.08. The molecular formula is C5H6F5NO. The fourth-order valence-electron chi connectivity index (χ4n) is 0.409. The third kappa shape index (κ3) is 3.14. The molecule has 0 heterocycles. The van der Waals surface area contributed by atoms with E-state index in [2.05, 4.69) is 0 Å². The molecule has 0 unspecified atom stereocenters. The van der Waals surface area contributed by atoms with E-state index in [1.807, 2.05) is 0 Å². The van der Waals surface area contributed by atoms with Gasteiger partial charge in [0, 0.05) is 6.54 Å². The third-order valence-electron chi connectivity index (χ3n) is 0.900. The first-order valence-corrected chi connectivity index (χ1v) is 2.86. The number of halogens is 5. The van der Waals surface area contributed by atoms with Gasteiger partial charge in [-0.1, -0.05) is 0 Å². The molecule has 0 aromatic heterocycles. The number of alkyl halides is 2. The van der Waals surface area contributed by atoms with Gasteiger partial charge in [0.1, 0.15) is 0 Å². The van der Waals surface area contributed by atoms with Crippen molar-refractivity contribution in [3.8, 4) is 0 Å². The number of nitrogens with one attached hydrogen (secondary N) is 1. The van der Waals surface area contributed by atoms with Gasteiger partial charge in [-0.15, -0.1) is 0 Å². The minimum atomic E-state index is -4.42. The Labute approximate surface area is 64.7 Å². The van der Waals surface area contributed by atoms with Crippen molar-refractivity contribution in [2.24, 2.45) is 0 Å². The van der Waals surface area contributed by atoms with Gasteiger partial charge in [-0.2, -0.15) is 22.0 Å². The van der Waals surface area contributed by atoms with Gasteiger partial charge >= 0.3 is 12.1 Å². The number of hydrogen-bond donors (Lipinski definition) is 2. The molecule has 0 saturated heterocycles. The lowest BCUT2D eigenvalue weighted by atomic mass is 10.4. The van der Waals surface area contributed by atoms with E-state index in [0.717, 1.165) is 5.32 Å². The molecule has 0 rings (SSSR count). The summed E-state index contributed by atoms with van der Waals surface area (Å²) in [4.78, 5) is 0. The summed E-state index contributed by atoms with van der Waals surface area (Å²) in [7, 11) is 0. The van der Waals surface area contributed by atoms with Gasteiger partial charge in [0.2, 0.25) is 5.83 Å². The van der Waals surface area contributed by atoms with E-state index in [1.165, 1.54) is 0 Å². The number of hydrogen-bond acceptors (Lipinski definition) is 2. The first-order chi connectivity index (χ1) is 5.41. The van der Waals surface area contributed by atoms with Crippen molar-refractivity contribution in [3.05, 3.63) is 11.9 Å². The van der Waals surface area contributed by atoms with E-state index in [4.69, 9.17) is 5.11 Å². The molecular weight excluding hydrogens is 185 g/mol. The maximum absolute atomic E-state index is 12.1. The number of rotatable bonds is 4. The summed E-state index contributed by atoms with van der Waals surface area (Å²) in [5.74, 6) is -2.82. The van der Waals surface area contributed by atoms with Gasteiger partial charge in [-0.3, -0.25) is 0 Å². The highest BCUT2D eigenvalue weighted by molar-refractivity contribution is 5.02. The molecule has 12 heavy (non-hydrogen) atoms. The summed E-state index contributed by atoms with van der Waals surface area (Å²) < 4.78 is 58.6. The van der Waals surface area contributed by atoms with E-state index in [1.54, 1.807) is 0 Å². The molecule has 0 bridgehead atoms. The first kappa shape index (κ1) is 11.3. The van der Waals surface area contributed by atoms with Crippen molar-refractivity contribution < 1.29 is 27.1 Å². The molecule has 0 fully saturated rings. The highest BCUT2D eigenvalue weighted by Gasteiger charge is 2.38. The zero-order chi connectivity index (χ0) is 9.78. The molecule has 0 radical (unpaired) electrons. The summed E-state index contributed by atoms with van der Waals surface area (Å²) >= 11 is 0.